The highest BCUT2D eigenvalue weighted by Gasteiger charge is 2.07. The molecule has 1 heterocycles. The lowest BCUT2D eigenvalue weighted by Gasteiger charge is -2.19. The third-order valence-corrected chi connectivity index (χ3v) is 3.79. The third kappa shape index (κ3) is 4.32. The minimum Gasteiger partial charge on any atom is -0.355 e. The van der Waals surface area contributed by atoms with Crippen molar-refractivity contribution < 1.29 is 0 Å². The van der Waals surface area contributed by atoms with E-state index in [4.69, 9.17) is 0 Å². The van der Waals surface area contributed by atoms with E-state index in [1.807, 2.05) is 37.3 Å². The van der Waals surface area contributed by atoms with Crippen LogP contribution in [0, 0.1) is 6.92 Å². The zero-order chi connectivity index (χ0) is 16.8. The maximum Gasteiger partial charge on any atom is 0.225 e. The van der Waals surface area contributed by atoms with E-state index in [2.05, 4.69) is 63.6 Å². The molecule has 1 aromatic heterocycles. The molecule has 3 aromatic rings. The molecule has 1 N–H and O–H groups in total. The summed E-state index contributed by atoms with van der Waals surface area (Å²) in [5.41, 5.74) is 3.42. The molecule has 4 heteroatoms. The first-order valence-corrected chi connectivity index (χ1v) is 8.09. The topological polar surface area (TPSA) is 41.1 Å². The Labute approximate surface area is 143 Å². The second kappa shape index (κ2) is 7.59. The monoisotopic (exact) mass is 318 g/mol. The van der Waals surface area contributed by atoms with E-state index in [9.17, 15) is 0 Å². The van der Waals surface area contributed by atoms with E-state index >= 15 is 0 Å². The Balaban J connectivity index is 1.71. The molecule has 0 saturated heterocycles. The van der Waals surface area contributed by atoms with Crippen LogP contribution in [0.2, 0.25) is 0 Å². The summed E-state index contributed by atoms with van der Waals surface area (Å²) in [4.78, 5) is 11.3. The maximum atomic E-state index is 4.65. The van der Waals surface area contributed by atoms with E-state index in [0.717, 1.165) is 18.1 Å². The summed E-state index contributed by atoms with van der Waals surface area (Å²) in [6, 6.07) is 22.7. The van der Waals surface area contributed by atoms with E-state index in [1.165, 1.54) is 11.1 Å². The minimum absolute atomic E-state index is 0.661. The fourth-order valence-electron chi connectivity index (χ4n) is 2.54. The number of anilines is 2. The average molecular weight is 318 g/mol. The largest absolute Gasteiger partial charge is 0.355 e. The molecule has 0 atom stereocenters. The predicted octanol–water partition coefficient (Wildman–Crippen LogP) is 4.03. The van der Waals surface area contributed by atoms with Crippen molar-refractivity contribution in [3.63, 3.8) is 0 Å². The molecular weight excluding hydrogens is 296 g/mol. The summed E-state index contributed by atoms with van der Waals surface area (Å²) in [5.74, 6) is 1.58. The van der Waals surface area contributed by atoms with Crippen LogP contribution in [-0.2, 0) is 13.1 Å². The fraction of sp³-hybridized carbons (Fsp3) is 0.200. The normalized spacial score (nSPS) is 10.4. The number of hydrogen-bond donors (Lipinski definition) is 1. The van der Waals surface area contributed by atoms with Crippen LogP contribution in [0.15, 0.2) is 66.7 Å². The van der Waals surface area contributed by atoms with Gasteiger partial charge < -0.3 is 10.2 Å². The zero-order valence-electron chi connectivity index (χ0n) is 14.1. The van der Waals surface area contributed by atoms with Gasteiger partial charge in [0.2, 0.25) is 5.95 Å². The lowest BCUT2D eigenvalue weighted by molar-refractivity contribution is 0.884. The molecule has 0 aliphatic carbocycles. The molecule has 0 fully saturated rings. The number of nitrogens with one attached hydrogen (secondary N) is 1. The van der Waals surface area contributed by atoms with Crippen LogP contribution in [-0.4, -0.2) is 17.0 Å². The molecule has 0 unspecified atom stereocenters. The van der Waals surface area contributed by atoms with Crippen molar-refractivity contribution in [1.82, 2.24) is 9.97 Å². The van der Waals surface area contributed by atoms with E-state index in [-0.39, 0.29) is 0 Å². The number of benzene rings is 2. The number of nitrogens with zero attached hydrogens (tertiary/aromatic N) is 3. The molecule has 3 rings (SSSR count). The smallest absolute Gasteiger partial charge is 0.225 e. The molecule has 0 spiro atoms. The highest BCUT2D eigenvalue weighted by atomic mass is 15.2. The van der Waals surface area contributed by atoms with Gasteiger partial charge in [0.05, 0.1) is 0 Å². The third-order valence-electron chi connectivity index (χ3n) is 3.79. The minimum atomic E-state index is 0.661. The Morgan fingerprint density at radius 3 is 2.17 bits per heavy atom. The van der Waals surface area contributed by atoms with Crippen molar-refractivity contribution in [1.29, 1.82) is 0 Å². The summed E-state index contributed by atoms with van der Waals surface area (Å²) >= 11 is 0. The van der Waals surface area contributed by atoms with Crippen molar-refractivity contribution in [3.8, 4) is 0 Å². The van der Waals surface area contributed by atoms with Crippen molar-refractivity contribution in [3.05, 3.63) is 83.6 Å². The fourth-order valence-corrected chi connectivity index (χ4v) is 2.54. The number of rotatable bonds is 6. The van der Waals surface area contributed by atoms with Crippen LogP contribution in [0.4, 0.5) is 11.8 Å². The molecule has 2 aromatic carbocycles. The van der Waals surface area contributed by atoms with Crippen LogP contribution in [0.3, 0.4) is 0 Å². The quantitative estimate of drug-likeness (QED) is 0.745. The second-order valence-corrected chi connectivity index (χ2v) is 5.87. The van der Waals surface area contributed by atoms with Gasteiger partial charge in [-0.2, -0.15) is 4.98 Å². The molecule has 4 nitrogen and oxygen atoms in total. The van der Waals surface area contributed by atoms with Gasteiger partial charge in [0.15, 0.2) is 0 Å². The van der Waals surface area contributed by atoms with Crippen LogP contribution >= 0.6 is 0 Å². The Hall–Kier alpha value is -2.88. The Kier molecular flexibility index (Phi) is 5.06. The molecule has 122 valence electrons. The van der Waals surface area contributed by atoms with Gasteiger partial charge in [-0.3, -0.25) is 0 Å². The van der Waals surface area contributed by atoms with E-state index in [0.29, 0.717) is 12.5 Å². The summed E-state index contributed by atoms with van der Waals surface area (Å²) in [7, 11) is 2.05. The first-order chi connectivity index (χ1) is 11.7. The van der Waals surface area contributed by atoms with E-state index in [1.54, 1.807) is 0 Å². The van der Waals surface area contributed by atoms with Gasteiger partial charge in [-0.1, -0.05) is 60.7 Å². The van der Waals surface area contributed by atoms with Gasteiger partial charge in [0.1, 0.15) is 5.82 Å². The van der Waals surface area contributed by atoms with Crippen LogP contribution in [0.5, 0.6) is 0 Å². The van der Waals surface area contributed by atoms with Gasteiger partial charge in [-0.25, -0.2) is 4.98 Å². The van der Waals surface area contributed by atoms with Gasteiger partial charge in [0.25, 0.3) is 0 Å². The SMILES string of the molecule is Cc1cc(N(C)Cc2ccccc2)nc(NCc2ccccc2)n1. The summed E-state index contributed by atoms with van der Waals surface area (Å²) in [5, 5.41) is 3.31. The molecule has 24 heavy (non-hydrogen) atoms. The molecular formula is C20H22N4. The molecule has 0 saturated carbocycles. The molecule has 0 aliphatic rings. The standard InChI is InChI=1S/C20H22N4/c1-16-13-19(24(2)15-18-11-7-4-8-12-18)23-20(22-16)21-14-17-9-5-3-6-10-17/h3-13H,14-15H2,1-2H3,(H,21,22,23). The summed E-state index contributed by atoms with van der Waals surface area (Å²) in [6.07, 6.45) is 0. The molecule has 0 aliphatic heterocycles. The van der Waals surface area contributed by atoms with Crippen molar-refractivity contribution in [2.24, 2.45) is 0 Å². The summed E-state index contributed by atoms with van der Waals surface area (Å²) < 4.78 is 0. The first kappa shape index (κ1) is 16.0. The highest BCUT2D eigenvalue weighted by Crippen LogP contribution is 2.16. The molecule has 0 radical (unpaired) electrons. The predicted molar refractivity (Wildman–Crippen MR) is 99.1 cm³/mol. The van der Waals surface area contributed by atoms with Crippen LogP contribution < -0.4 is 10.2 Å². The summed E-state index contributed by atoms with van der Waals surface area (Å²) in [6.45, 7) is 3.52. The van der Waals surface area contributed by atoms with Crippen molar-refractivity contribution in [2.75, 3.05) is 17.3 Å². The van der Waals surface area contributed by atoms with Crippen molar-refractivity contribution >= 4 is 11.8 Å². The lowest BCUT2D eigenvalue weighted by Crippen LogP contribution is -2.19. The number of aromatic nitrogens is 2. The van der Waals surface area contributed by atoms with Crippen LogP contribution in [0.1, 0.15) is 16.8 Å². The van der Waals surface area contributed by atoms with Gasteiger partial charge in [0, 0.05) is 31.9 Å². The van der Waals surface area contributed by atoms with Gasteiger partial charge in [-0.15, -0.1) is 0 Å². The van der Waals surface area contributed by atoms with Crippen LogP contribution in [0.25, 0.3) is 0 Å². The first-order valence-electron chi connectivity index (χ1n) is 8.09. The Bertz CT molecular complexity index is 772. The van der Waals surface area contributed by atoms with Gasteiger partial charge >= 0.3 is 0 Å². The number of aryl methyl sites for hydroxylation is 1. The molecule has 0 bridgehead atoms. The maximum absolute atomic E-state index is 4.65. The van der Waals surface area contributed by atoms with Crippen molar-refractivity contribution in [2.45, 2.75) is 20.0 Å². The Morgan fingerprint density at radius 2 is 1.50 bits per heavy atom. The molecule has 0 amide bonds. The van der Waals surface area contributed by atoms with E-state index < -0.39 is 0 Å². The Morgan fingerprint density at radius 1 is 0.875 bits per heavy atom. The highest BCUT2D eigenvalue weighted by molar-refractivity contribution is 5.45. The average Bonchev–Trinajstić information content (AvgIpc) is 2.61. The number of hydrogen-bond acceptors (Lipinski definition) is 4. The zero-order valence-corrected chi connectivity index (χ0v) is 14.1. The lowest BCUT2D eigenvalue weighted by atomic mass is 10.2. The van der Waals surface area contributed by atoms with Gasteiger partial charge in [-0.05, 0) is 18.1 Å². The second-order valence-electron chi connectivity index (χ2n) is 5.87.